The molecule has 0 aromatic heterocycles. The maximum Gasteiger partial charge on any atom is 0.312 e. The summed E-state index contributed by atoms with van der Waals surface area (Å²) in [5.74, 6) is -7.88. The van der Waals surface area contributed by atoms with Gasteiger partial charge >= 0.3 is 11.8 Å². The lowest BCUT2D eigenvalue weighted by molar-refractivity contribution is -0.202. The van der Waals surface area contributed by atoms with Crippen molar-refractivity contribution in [1.82, 2.24) is 0 Å². The Hall–Kier alpha value is -0.320. The van der Waals surface area contributed by atoms with Gasteiger partial charge in [0.2, 0.25) is 0 Å². The van der Waals surface area contributed by atoms with Crippen LogP contribution in [0.3, 0.4) is 0 Å². The van der Waals surface area contributed by atoms with E-state index in [1.54, 1.807) is 0 Å². The van der Waals surface area contributed by atoms with Crippen LogP contribution in [-0.4, -0.2) is 24.6 Å². The number of rotatable bonds is 3. The fourth-order valence-corrected chi connectivity index (χ4v) is 0.651. The molecule has 1 rings (SSSR count). The summed E-state index contributed by atoms with van der Waals surface area (Å²) in [7, 11) is 0. The molecule has 66 valence electrons. The van der Waals surface area contributed by atoms with Gasteiger partial charge in [0, 0.05) is 13.3 Å². The molecule has 0 spiro atoms. The minimum atomic E-state index is -3.95. The maximum absolute atomic E-state index is 12.4. The van der Waals surface area contributed by atoms with E-state index in [0.717, 1.165) is 0 Å². The Bertz CT molecular complexity index is 147. The minimum absolute atomic E-state index is 0.172. The van der Waals surface area contributed by atoms with Crippen LogP contribution < -0.4 is 0 Å². The molecule has 1 aliphatic heterocycles. The molecular weight excluding hydrogens is 164 g/mol. The Balaban J connectivity index is 2.49. The van der Waals surface area contributed by atoms with Gasteiger partial charge in [-0.05, 0) is 0 Å². The minimum Gasteiger partial charge on any atom is -0.373 e. The van der Waals surface area contributed by atoms with Crippen LogP contribution in [0.25, 0.3) is 0 Å². The second kappa shape index (κ2) is 2.33. The number of ether oxygens (including phenoxy) is 1. The summed E-state index contributed by atoms with van der Waals surface area (Å²) < 4.78 is 53.4. The number of hydrogen-bond donors (Lipinski definition) is 0. The van der Waals surface area contributed by atoms with E-state index in [1.165, 1.54) is 0 Å². The lowest BCUT2D eigenvalue weighted by Gasteiger charge is -2.21. The second-order valence-electron chi connectivity index (χ2n) is 2.75. The molecule has 1 fully saturated rings. The van der Waals surface area contributed by atoms with E-state index in [2.05, 4.69) is 4.74 Å². The van der Waals surface area contributed by atoms with Gasteiger partial charge < -0.3 is 4.74 Å². The SMILES string of the molecule is CC(F)(F)C(F)(F)CC1CO1. The molecule has 0 amide bonds. The van der Waals surface area contributed by atoms with E-state index in [0.29, 0.717) is 0 Å². The fraction of sp³-hybridized carbons (Fsp3) is 1.00. The van der Waals surface area contributed by atoms with Gasteiger partial charge in [0.15, 0.2) is 0 Å². The largest absolute Gasteiger partial charge is 0.373 e. The van der Waals surface area contributed by atoms with Crippen LogP contribution >= 0.6 is 0 Å². The zero-order valence-corrected chi connectivity index (χ0v) is 5.91. The molecule has 0 aromatic rings. The van der Waals surface area contributed by atoms with E-state index in [9.17, 15) is 17.6 Å². The van der Waals surface area contributed by atoms with Crippen molar-refractivity contribution in [2.24, 2.45) is 0 Å². The summed E-state index contributed by atoms with van der Waals surface area (Å²) in [6, 6.07) is 0. The standard InChI is InChI=1S/C6H8F4O/c1-5(7,8)6(9,10)2-4-3-11-4/h4H,2-3H2,1H3. The Kier molecular flexibility index (Phi) is 1.86. The Morgan fingerprint density at radius 2 is 1.82 bits per heavy atom. The van der Waals surface area contributed by atoms with Crippen molar-refractivity contribution >= 4 is 0 Å². The third kappa shape index (κ3) is 2.05. The average Bonchev–Trinajstić information content (AvgIpc) is 2.45. The highest BCUT2D eigenvalue weighted by Gasteiger charge is 2.54. The molecule has 0 radical (unpaired) electrons. The number of hydrogen-bond acceptors (Lipinski definition) is 1. The molecule has 0 aliphatic carbocycles. The molecule has 0 saturated carbocycles. The lowest BCUT2D eigenvalue weighted by Crippen LogP contribution is -2.38. The van der Waals surface area contributed by atoms with Crippen LogP contribution in [0.5, 0.6) is 0 Å². The molecule has 5 heteroatoms. The predicted octanol–water partition coefficient (Wildman–Crippen LogP) is 2.07. The maximum atomic E-state index is 12.4. The van der Waals surface area contributed by atoms with Crippen LogP contribution in [0.2, 0.25) is 0 Å². The van der Waals surface area contributed by atoms with Gasteiger partial charge in [-0.2, -0.15) is 8.78 Å². The highest BCUT2D eigenvalue weighted by Crippen LogP contribution is 2.39. The van der Waals surface area contributed by atoms with Gasteiger partial charge in [-0.1, -0.05) is 0 Å². The lowest BCUT2D eigenvalue weighted by atomic mass is 10.1. The molecule has 1 atom stereocenters. The topological polar surface area (TPSA) is 12.5 Å². The molecule has 1 saturated heterocycles. The van der Waals surface area contributed by atoms with Crippen LogP contribution in [0.15, 0.2) is 0 Å². The Morgan fingerprint density at radius 3 is 2.09 bits per heavy atom. The first-order chi connectivity index (χ1) is 4.83. The van der Waals surface area contributed by atoms with E-state index in [-0.39, 0.29) is 13.5 Å². The summed E-state index contributed by atoms with van der Waals surface area (Å²) in [4.78, 5) is 0. The smallest absolute Gasteiger partial charge is 0.312 e. The summed E-state index contributed by atoms with van der Waals surface area (Å²) >= 11 is 0. The Labute approximate surface area is 61.3 Å². The first-order valence-electron chi connectivity index (χ1n) is 3.20. The van der Waals surface area contributed by atoms with Crippen LogP contribution in [0, 0.1) is 0 Å². The molecule has 0 N–H and O–H groups in total. The van der Waals surface area contributed by atoms with Crippen molar-refractivity contribution in [3.63, 3.8) is 0 Å². The van der Waals surface area contributed by atoms with E-state index < -0.39 is 24.4 Å². The first kappa shape index (κ1) is 8.77. The van der Waals surface area contributed by atoms with E-state index in [1.807, 2.05) is 0 Å². The van der Waals surface area contributed by atoms with Crippen molar-refractivity contribution in [3.05, 3.63) is 0 Å². The third-order valence-electron chi connectivity index (χ3n) is 1.53. The van der Waals surface area contributed by atoms with Gasteiger partial charge in [0.1, 0.15) is 0 Å². The molecule has 1 aliphatic rings. The predicted molar refractivity (Wildman–Crippen MR) is 29.9 cm³/mol. The van der Waals surface area contributed by atoms with E-state index >= 15 is 0 Å². The number of epoxide rings is 1. The highest BCUT2D eigenvalue weighted by molar-refractivity contribution is 4.86. The second-order valence-corrected chi connectivity index (χ2v) is 2.75. The number of alkyl halides is 4. The van der Waals surface area contributed by atoms with Crippen molar-refractivity contribution in [1.29, 1.82) is 0 Å². The molecular formula is C6H8F4O. The zero-order valence-electron chi connectivity index (χ0n) is 5.91. The van der Waals surface area contributed by atoms with E-state index in [4.69, 9.17) is 0 Å². The summed E-state index contributed by atoms with van der Waals surface area (Å²) in [5, 5.41) is 0. The first-order valence-corrected chi connectivity index (χ1v) is 3.20. The Morgan fingerprint density at radius 1 is 1.36 bits per heavy atom. The van der Waals surface area contributed by atoms with Gasteiger partial charge in [-0.25, -0.2) is 8.78 Å². The molecule has 1 heterocycles. The zero-order chi connectivity index (χ0) is 8.70. The summed E-state index contributed by atoms with van der Waals surface area (Å²) in [6.45, 7) is 0.390. The molecule has 1 nitrogen and oxygen atoms in total. The van der Waals surface area contributed by atoms with Crippen molar-refractivity contribution in [2.75, 3.05) is 6.61 Å². The van der Waals surface area contributed by atoms with Gasteiger partial charge in [0.05, 0.1) is 12.7 Å². The third-order valence-corrected chi connectivity index (χ3v) is 1.53. The van der Waals surface area contributed by atoms with Crippen LogP contribution in [0.4, 0.5) is 17.6 Å². The van der Waals surface area contributed by atoms with Gasteiger partial charge in [-0.3, -0.25) is 0 Å². The summed E-state index contributed by atoms with van der Waals surface area (Å²) in [5.41, 5.74) is 0. The molecule has 0 aromatic carbocycles. The highest BCUT2D eigenvalue weighted by atomic mass is 19.3. The van der Waals surface area contributed by atoms with Gasteiger partial charge in [-0.15, -0.1) is 0 Å². The van der Waals surface area contributed by atoms with Crippen LogP contribution in [0.1, 0.15) is 13.3 Å². The van der Waals surface area contributed by atoms with Gasteiger partial charge in [0.25, 0.3) is 0 Å². The normalized spacial score (nSPS) is 25.4. The quantitative estimate of drug-likeness (QED) is 0.469. The average molecular weight is 172 g/mol. The van der Waals surface area contributed by atoms with Crippen molar-refractivity contribution in [2.45, 2.75) is 31.3 Å². The summed E-state index contributed by atoms with van der Waals surface area (Å²) in [6.07, 6.45) is -1.55. The molecule has 1 unspecified atom stereocenters. The van der Waals surface area contributed by atoms with Crippen molar-refractivity contribution in [3.8, 4) is 0 Å². The molecule has 0 bridgehead atoms. The monoisotopic (exact) mass is 172 g/mol. The van der Waals surface area contributed by atoms with Crippen LogP contribution in [-0.2, 0) is 4.74 Å². The number of halogens is 4. The fourth-order valence-electron chi connectivity index (χ4n) is 0.651. The molecule has 11 heavy (non-hydrogen) atoms. The van der Waals surface area contributed by atoms with Crippen molar-refractivity contribution < 1.29 is 22.3 Å².